The Kier molecular flexibility index (Phi) is 7.52. The molecule has 5 aromatic rings. The van der Waals surface area contributed by atoms with Crippen LogP contribution < -0.4 is 25.7 Å². The standard InChI is InChI=1S/C30H24BrNP2/c31-25-14-13-15-26(24-25)32(33(27-16-5-1-6-17-27)28-18-7-2-8-19-28)34(29-20-9-3-10-21-29)30-22-11-4-12-23-30/h1-24H. The maximum absolute atomic E-state index is 3.74. The minimum Gasteiger partial charge on any atom is -0.313 e. The SMILES string of the molecule is Brc1cccc(N(P(c2ccccc2)c2ccccc2)P(c2ccccc2)c2ccccc2)c1. The van der Waals surface area contributed by atoms with Crippen molar-refractivity contribution >= 4 is 59.0 Å². The summed E-state index contributed by atoms with van der Waals surface area (Å²) in [6.07, 6.45) is 0. The third kappa shape index (κ3) is 5.16. The quantitative estimate of drug-likeness (QED) is 0.195. The van der Waals surface area contributed by atoms with Gasteiger partial charge in [0.2, 0.25) is 0 Å². The fourth-order valence-corrected chi connectivity index (χ4v) is 10.3. The summed E-state index contributed by atoms with van der Waals surface area (Å²) in [4.78, 5) is 0. The minimum absolute atomic E-state index is 0.848. The topological polar surface area (TPSA) is 3.24 Å². The first-order chi connectivity index (χ1) is 16.8. The van der Waals surface area contributed by atoms with Crippen molar-refractivity contribution in [1.82, 2.24) is 0 Å². The lowest BCUT2D eigenvalue weighted by Gasteiger charge is -2.40. The van der Waals surface area contributed by atoms with Crippen LogP contribution in [0, 0.1) is 0 Å². The van der Waals surface area contributed by atoms with Gasteiger partial charge in [-0.3, -0.25) is 0 Å². The summed E-state index contributed by atoms with van der Waals surface area (Å²) in [6.45, 7) is 0. The van der Waals surface area contributed by atoms with Gasteiger partial charge in [0, 0.05) is 31.4 Å². The van der Waals surface area contributed by atoms with Gasteiger partial charge in [-0.15, -0.1) is 0 Å². The summed E-state index contributed by atoms with van der Waals surface area (Å²) < 4.78 is 3.77. The van der Waals surface area contributed by atoms with E-state index in [1.165, 1.54) is 26.9 Å². The molecular weight excluding hydrogens is 516 g/mol. The van der Waals surface area contributed by atoms with E-state index in [1.807, 2.05) is 0 Å². The largest absolute Gasteiger partial charge is 0.313 e. The van der Waals surface area contributed by atoms with E-state index in [1.54, 1.807) is 0 Å². The van der Waals surface area contributed by atoms with Crippen LogP contribution in [0.5, 0.6) is 0 Å². The molecule has 0 saturated carbocycles. The first-order valence-corrected chi connectivity index (χ1v) is 14.6. The van der Waals surface area contributed by atoms with E-state index < -0.39 is 16.1 Å². The molecule has 0 radical (unpaired) electrons. The van der Waals surface area contributed by atoms with Crippen molar-refractivity contribution in [2.24, 2.45) is 0 Å². The molecular formula is C30H24BrNP2. The molecule has 0 aliphatic rings. The fraction of sp³-hybridized carbons (Fsp3) is 0. The van der Waals surface area contributed by atoms with Crippen molar-refractivity contribution in [3.05, 3.63) is 150 Å². The highest BCUT2D eigenvalue weighted by Gasteiger charge is 2.32. The normalized spacial score (nSPS) is 11.0. The lowest BCUT2D eigenvalue weighted by atomic mass is 10.3. The number of halogens is 1. The van der Waals surface area contributed by atoms with E-state index in [0.717, 1.165) is 4.47 Å². The Labute approximate surface area is 212 Å². The molecule has 0 N–H and O–H groups in total. The minimum atomic E-state index is -0.848. The second-order valence-electron chi connectivity index (χ2n) is 7.74. The molecule has 5 aromatic carbocycles. The van der Waals surface area contributed by atoms with Crippen LogP contribution in [0.3, 0.4) is 0 Å². The van der Waals surface area contributed by atoms with Gasteiger partial charge in [0.25, 0.3) is 0 Å². The van der Waals surface area contributed by atoms with E-state index in [-0.39, 0.29) is 0 Å². The van der Waals surface area contributed by atoms with E-state index in [4.69, 9.17) is 0 Å². The van der Waals surface area contributed by atoms with Crippen LogP contribution in [-0.4, -0.2) is 0 Å². The fourth-order valence-electron chi connectivity index (χ4n) is 3.93. The Morgan fingerprint density at radius 2 is 0.765 bits per heavy atom. The van der Waals surface area contributed by atoms with E-state index >= 15 is 0 Å². The van der Waals surface area contributed by atoms with Crippen LogP contribution in [0.1, 0.15) is 0 Å². The molecule has 0 fully saturated rings. The third-order valence-corrected chi connectivity index (χ3v) is 11.4. The number of benzene rings is 5. The molecule has 0 amide bonds. The molecule has 0 spiro atoms. The van der Waals surface area contributed by atoms with Crippen molar-refractivity contribution in [1.29, 1.82) is 0 Å². The molecule has 4 heteroatoms. The molecule has 5 rings (SSSR count). The third-order valence-electron chi connectivity index (χ3n) is 5.42. The van der Waals surface area contributed by atoms with Gasteiger partial charge in [-0.05, 0) is 18.2 Å². The number of anilines is 1. The molecule has 0 heterocycles. The van der Waals surface area contributed by atoms with E-state index in [0.29, 0.717) is 0 Å². The van der Waals surface area contributed by atoms with Crippen LogP contribution in [-0.2, 0) is 0 Å². The van der Waals surface area contributed by atoms with Gasteiger partial charge in [-0.2, -0.15) is 0 Å². The summed E-state index contributed by atoms with van der Waals surface area (Å²) in [5.41, 5.74) is 1.21. The Morgan fingerprint density at radius 3 is 1.09 bits per heavy atom. The Bertz CT molecular complexity index is 1150. The molecule has 0 aliphatic carbocycles. The van der Waals surface area contributed by atoms with Gasteiger partial charge >= 0.3 is 0 Å². The lowest BCUT2D eigenvalue weighted by molar-refractivity contribution is 1.54. The van der Waals surface area contributed by atoms with Crippen LogP contribution in [0.2, 0.25) is 0 Å². The molecule has 0 atom stereocenters. The zero-order valence-corrected chi connectivity index (χ0v) is 22.0. The Morgan fingerprint density at radius 1 is 0.412 bits per heavy atom. The first kappa shape index (κ1) is 23.0. The molecule has 1 nitrogen and oxygen atoms in total. The predicted octanol–water partition coefficient (Wildman–Crippen LogP) is 7.35. The van der Waals surface area contributed by atoms with Crippen LogP contribution in [0.4, 0.5) is 5.69 Å². The zero-order valence-electron chi connectivity index (χ0n) is 18.6. The van der Waals surface area contributed by atoms with Crippen LogP contribution in [0.25, 0.3) is 0 Å². The number of hydrogen-bond donors (Lipinski definition) is 0. The Balaban J connectivity index is 1.80. The lowest BCUT2D eigenvalue weighted by Crippen LogP contribution is -2.31. The second kappa shape index (κ2) is 11.1. The molecule has 166 valence electrons. The Hall–Kier alpha value is -2.76. The number of nitrogens with zero attached hydrogens (tertiary/aromatic N) is 1. The van der Waals surface area contributed by atoms with Crippen LogP contribution >= 0.6 is 32.1 Å². The molecule has 0 bridgehead atoms. The van der Waals surface area contributed by atoms with Gasteiger partial charge in [0.15, 0.2) is 0 Å². The summed E-state index contributed by atoms with van der Waals surface area (Å²) in [5.74, 6) is 0. The first-order valence-electron chi connectivity index (χ1n) is 11.2. The van der Waals surface area contributed by atoms with Gasteiger partial charge in [0.05, 0.1) is 16.1 Å². The average Bonchev–Trinajstić information content (AvgIpc) is 2.91. The summed E-state index contributed by atoms with van der Waals surface area (Å²) in [6, 6.07) is 52.5. The maximum Gasteiger partial charge on any atom is 0.0590 e. The van der Waals surface area contributed by atoms with Crippen molar-refractivity contribution in [2.75, 3.05) is 4.44 Å². The summed E-state index contributed by atoms with van der Waals surface area (Å²) in [7, 11) is -1.70. The van der Waals surface area contributed by atoms with Crippen molar-refractivity contribution < 1.29 is 0 Å². The molecule has 0 saturated heterocycles. The maximum atomic E-state index is 3.74. The highest BCUT2D eigenvalue weighted by Crippen LogP contribution is 2.57. The highest BCUT2D eigenvalue weighted by atomic mass is 79.9. The predicted molar refractivity (Wildman–Crippen MR) is 155 cm³/mol. The molecule has 0 unspecified atom stereocenters. The van der Waals surface area contributed by atoms with Gasteiger partial charge < -0.3 is 4.44 Å². The van der Waals surface area contributed by atoms with Crippen molar-refractivity contribution in [2.45, 2.75) is 0 Å². The highest BCUT2D eigenvalue weighted by molar-refractivity contribution is 9.10. The number of hydrogen-bond acceptors (Lipinski definition) is 1. The van der Waals surface area contributed by atoms with Gasteiger partial charge in [-0.1, -0.05) is 143 Å². The molecule has 34 heavy (non-hydrogen) atoms. The van der Waals surface area contributed by atoms with Crippen molar-refractivity contribution in [3.63, 3.8) is 0 Å². The molecule has 0 aromatic heterocycles. The van der Waals surface area contributed by atoms with E-state index in [9.17, 15) is 0 Å². The summed E-state index contributed by atoms with van der Waals surface area (Å²) >= 11 is 3.74. The van der Waals surface area contributed by atoms with Gasteiger partial charge in [0.1, 0.15) is 0 Å². The number of rotatable bonds is 7. The van der Waals surface area contributed by atoms with E-state index in [2.05, 4.69) is 166 Å². The van der Waals surface area contributed by atoms with Crippen LogP contribution in [0.15, 0.2) is 150 Å². The van der Waals surface area contributed by atoms with Gasteiger partial charge in [-0.25, -0.2) is 0 Å². The smallest absolute Gasteiger partial charge is 0.0590 e. The average molecular weight is 540 g/mol. The monoisotopic (exact) mass is 539 g/mol. The molecule has 0 aliphatic heterocycles. The summed E-state index contributed by atoms with van der Waals surface area (Å²) in [5, 5.41) is 5.34. The zero-order chi connectivity index (χ0) is 23.2. The van der Waals surface area contributed by atoms with Crippen molar-refractivity contribution in [3.8, 4) is 0 Å². The second-order valence-corrected chi connectivity index (χ2v) is 13.1.